The Balaban J connectivity index is 1.77. The van der Waals surface area contributed by atoms with Crippen LogP contribution in [0.25, 0.3) is 11.3 Å². The topological polar surface area (TPSA) is 62.1 Å². The van der Waals surface area contributed by atoms with E-state index >= 15 is 0 Å². The summed E-state index contributed by atoms with van der Waals surface area (Å²) >= 11 is 6.18. The molecule has 2 aromatic rings. The minimum absolute atomic E-state index is 0.178. The molecule has 0 fully saturated rings. The zero-order valence-corrected chi connectivity index (χ0v) is 16.2. The lowest BCUT2D eigenvalue weighted by molar-refractivity contribution is 0.682. The summed E-state index contributed by atoms with van der Waals surface area (Å²) in [5, 5.41) is 11.3. The van der Waals surface area contributed by atoms with Crippen LogP contribution in [0.2, 0.25) is 5.02 Å². The number of nitrogens with one attached hydrogen (secondary N) is 3. The number of nitrogens with two attached hydrogens (primary N) is 1. The van der Waals surface area contributed by atoms with Gasteiger partial charge in [-0.1, -0.05) is 35.9 Å². The van der Waals surface area contributed by atoms with Crippen molar-refractivity contribution in [2.45, 2.75) is 19.4 Å². The van der Waals surface area contributed by atoms with Crippen molar-refractivity contribution in [2.75, 3.05) is 25.0 Å². The van der Waals surface area contributed by atoms with E-state index in [-0.39, 0.29) is 6.04 Å². The molecule has 2 aromatic carbocycles. The van der Waals surface area contributed by atoms with Crippen LogP contribution in [0.4, 0.5) is 5.69 Å². The summed E-state index contributed by atoms with van der Waals surface area (Å²) in [5.41, 5.74) is 14.1. The Labute approximate surface area is 165 Å². The summed E-state index contributed by atoms with van der Waals surface area (Å²) in [5.74, 6) is 0. The van der Waals surface area contributed by atoms with Crippen molar-refractivity contribution in [2.24, 2.45) is 5.73 Å². The van der Waals surface area contributed by atoms with E-state index < -0.39 is 0 Å². The molecule has 0 aromatic heterocycles. The van der Waals surface area contributed by atoms with Gasteiger partial charge in [0.25, 0.3) is 0 Å². The van der Waals surface area contributed by atoms with Gasteiger partial charge in [-0.25, -0.2) is 0 Å². The average molecular weight is 381 g/mol. The van der Waals surface area contributed by atoms with Gasteiger partial charge in [0, 0.05) is 41.6 Å². The molecule has 1 atom stereocenters. The van der Waals surface area contributed by atoms with Crippen molar-refractivity contribution in [1.82, 2.24) is 10.6 Å². The summed E-state index contributed by atoms with van der Waals surface area (Å²) in [6.45, 7) is 4.66. The lowest BCUT2D eigenvalue weighted by atomic mass is 9.92. The van der Waals surface area contributed by atoms with Crippen molar-refractivity contribution in [3.8, 4) is 0 Å². The van der Waals surface area contributed by atoms with Crippen molar-refractivity contribution < 1.29 is 0 Å². The molecule has 27 heavy (non-hydrogen) atoms. The third kappa shape index (κ3) is 3.82. The van der Waals surface area contributed by atoms with Gasteiger partial charge in [-0.15, -0.1) is 0 Å². The van der Waals surface area contributed by atoms with E-state index in [9.17, 15) is 0 Å². The predicted octanol–water partition coefficient (Wildman–Crippen LogP) is 4.12. The number of hydrogen-bond acceptors (Lipinski definition) is 4. The first-order valence-corrected chi connectivity index (χ1v) is 9.76. The van der Waals surface area contributed by atoms with Crippen LogP contribution < -0.4 is 21.7 Å². The van der Waals surface area contributed by atoms with Gasteiger partial charge >= 0.3 is 0 Å². The Morgan fingerprint density at radius 2 is 2.11 bits per heavy atom. The van der Waals surface area contributed by atoms with Crippen molar-refractivity contribution >= 4 is 28.6 Å². The number of fused-ring (bicyclic) bond motifs is 1. The molecule has 0 saturated carbocycles. The van der Waals surface area contributed by atoms with Crippen LogP contribution in [0.3, 0.4) is 0 Å². The van der Waals surface area contributed by atoms with Gasteiger partial charge in [-0.2, -0.15) is 0 Å². The maximum Gasteiger partial charge on any atom is 0.0605 e. The molecule has 2 heterocycles. The largest absolute Gasteiger partial charge is 0.401 e. The van der Waals surface area contributed by atoms with E-state index in [1.807, 2.05) is 25.1 Å². The lowest BCUT2D eigenvalue weighted by Gasteiger charge is -2.22. The minimum Gasteiger partial charge on any atom is -0.401 e. The van der Waals surface area contributed by atoms with E-state index in [0.29, 0.717) is 0 Å². The lowest BCUT2D eigenvalue weighted by Crippen LogP contribution is -2.16. The van der Waals surface area contributed by atoms with E-state index in [0.717, 1.165) is 48.2 Å². The highest BCUT2D eigenvalue weighted by atomic mass is 35.5. The fraction of sp³-hybridized carbons (Fsp3) is 0.273. The second-order valence-corrected chi connectivity index (χ2v) is 7.58. The standard InChI is InChI=1S/C22H25ClN4/c1-14(24)22-19-6-5-15(16-7-9-25-13-16)11-20(19)21(8-10-26-22)27-18-4-2-3-17(23)12-18/h2-7,11-12,21,25-27H,8-10,13,24H2,1H3/b22-14-. The van der Waals surface area contributed by atoms with Crippen LogP contribution in [-0.2, 0) is 0 Å². The molecule has 4 nitrogen and oxygen atoms in total. The van der Waals surface area contributed by atoms with Crippen molar-refractivity contribution in [3.63, 3.8) is 0 Å². The van der Waals surface area contributed by atoms with E-state index in [1.54, 1.807) is 0 Å². The van der Waals surface area contributed by atoms with Crippen LogP contribution in [0.1, 0.15) is 36.1 Å². The molecule has 0 aliphatic carbocycles. The number of halogens is 1. The van der Waals surface area contributed by atoms with E-state index in [4.69, 9.17) is 17.3 Å². The second kappa shape index (κ2) is 7.67. The summed E-state index contributed by atoms with van der Waals surface area (Å²) < 4.78 is 0. The quantitative estimate of drug-likeness (QED) is 0.646. The molecule has 0 bridgehead atoms. The van der Waals surface area contributed by atoms with Crippen LogP contribution in [0, 0.1) is 0 Å². The maximum atomic E-state index is 6.19. The molecule has 2 aliphatic rings. The molecule has 140 valence electrons. The molecule has 2 aliphatic heterocycles. The van der Waals surface area contributed by atoms with Gasteiger partial charge in [0.1, 0.15) is 0 Å². The zero-order chi connectivity index (χ0) is 18.8. The minimum atomic E-state index is 0.178. The molecule has 4 rings (SSSR count). The first-order valence-electron chi connectivity index (χ1n) is 9.38. The third-order valence-electron chi connectivity index (χ3n) is 5.17. The fourth-order valence-corrected chi connectivity index (χ4v) is 4.04. The Bertz CT molecular complexity index is 912. The maximum absolute atomic E-state index is 6.19. The second-order valence-electron chi connectivity index (χ2n) is 7.14. The predicted molar refractivity (Wildman–Crippen MR) is 115 cm³/mol. The number of allylic oxidation sites excluding steroid dienone is 1. The normalized spacial score (nSPS) is 21.0. The van der Waals surface area contributed by atoms with Gasteiger partial charge in [0.05, 0.1) is 11.7 Å². The zero-order valence-electron chi connectivity index (χ0n) is 15.5. The smallest absolute Gasteiger partial charge is 0.0605 e. The molecule has 1 unspecified atom stereocenters. The molecular formula is C22H25ClN4. The Kier molecular flexibility index (Phi) is 5.10. The monoisotopic (exact) mass is 380 g/mol. The van der Waals surface area contributed by atoms with Crippen LogP contribution in [0.15, 0.2) is 54.2 Å². The Morgan fingerprint density at radius 1 is 1.22 bits per heavy atom. The third-order valence-corrected chi connectivity index (χ3v) is 5.41. The van der Waals surface area contributed by atoms with Crippen LogP contribution >= 0.6 is 11.6 Å². The molecule has 0 saturated heterocycles. The molecule has 5 heteroatoms. The highest BCUT2D eigenvalue weighted by molar-refractivity contribution is 6.30. The van der Waals surface area contributed by atoms with Gasteiger partial charge < -0.3 is 21.7 Å². The first kappa shape index (κ1) is 18.0. The van der Waals surface area contributed by atoms with Crippen LogP contribution in [-0.4, -0.2) is 19.6 Å². The van der Waals surface area contributed by atoms with Gasteiger partial charge in [0.2, 0.25) is 0 Å². The number of hydrogen-bond donors (Lipinski definition) is 4. The van der Waals surface area contributed by atoms with Gasteiger partial charge in [-0.05, 0) is 54.3 Å². The number of anilines is 1. The summed E-state index contributed by atoms with van der Waals surface area (Å²) in [6, 6.07) is 14.8. The van der Waals surface area contributed by atoms with Gasteiger partial charge in [0.15, 0.2) is 0 Å². The molecular weight excluding hydrogens is 356 g/mol. The molecule has 0 spiro atoms. The summed E-state index contributed by atoms with van der Waals surface area (Å²) in [7, 11) is 0. The molecule has 0 radical (unpaired) electrons. The van der Waals surface area contributed by atoms with Crippen molar-refractivity contribution in [3.05, 3.63) is 76.0 Å². The summed E-state index contributed by atoms with van der Waals surface area (Å²) in [6.07, 6.45) is 3.22. The average Bonchev–Trinajstić information content (AvgIpc) is 3.12. The Hall–Kier alpha value is -2.43. The molecule has 0 amide bonds. The van der Waals surface area contributed by atoms with Crippen LogP contribution in [0.5, 0.6) is 0 Å². The highest BCUT2D eigenvalue weighted by Crippen LogP contribution is 2.34. The number of benzene rings is 2. The fourth-order valence-electron chi connectivity index (χ4n) is 3.85. The van der Waals surface area contributed by atoms with Crippen molar-refractivity contribution in [1.29, 1.82) is 0 Å². The van der Waals surface area contributed by atoms with E-state index in [2.05, 4.69) is 46.3 Å². The Morgan fingerprint density at radius 3 is 2.85 bits per heavy atom. The number of rotatable bonds is 3. The molecule has 5 N–H and O–H groups in total. The SMILES string of the molecule is C/C(N)=C1/NCCC(Nc2cccc(Cl)c2)c2cc(C3=CCNC3)ccc21. The van der Waals surface area contributed by atoms with Gasteiger partial charge in [-0.3, -0.25) is 0 Å². The highest BCUT2D eigenvalue weighted by Gasteiger charge is 2.23. The van der Waals surface area contributed by atoms with E-state index in [1.165, 1.54) is 22.3 Å². The first-order chi connectivity index (χ1) is 13.1. The summed E-state index contributed by atoms with van der Waals surface area (Å²) in [4.78, 5) is 0.